The van der Waals surface area contributed by atoms with Gasteiger partial charge in [0.05, 0.1) is 0 Å². The van der Waals surface area contributed by atoms with E-state index in [1.54, 1.807) is 24.3 Å². The van der Waals surface area contributed by atoms with E-state index in [0.717, 1.165) is 17.6 Å². The Labute approximate surface area is 219 Å². The molecule has 0 bridgehead atoms. The van der Waals surface area contributed by atoms with Crippen LogP contribution >= 0.6 is 23.2 Å². The molecule has 4 aromatic rings. The van der Waals surface area contributed by atoms with E-state index in [-0.39, 0.29) is 35.6 Å². The predicted octanol–water partition coefficient (Wildman–Crippen LogP) is 8.01. The fourth-order valence-corrected chi connectivity index (χ4v) is 4.55. The molecule has 0 unspecified atom stereocenters. The zero-order chi connectivity index (χ0) is 24.5. The fraction of sp³-hybridized carbons (Fsp3) is 0.103. The molecule has 2 aliphatic rings. The molecule has 0 saturated carbocycles. The highest BCUT2D eigenvalue weighted by atomic mass is 35.5. The molecule has 0 spiro atoms. The summed E-state index contributed by atoms with van der Waals surface area (Å²) in [6.07, 6.45) is 3.26. The van der Waals surface area contributed by atoms with Gasteiger partial charge in [0, 0.05) is 24.0 Å². The molecule has 0 fully saturated rings. The molecule has 2 aromatic carbocycles. The van der Waals surface area contributed by atoms with Gasteiger partial charge in [-0.3, -0.25) is 0 Å². The van der Waals surface area contributed by atoms with E-state index in [9.17, 15) is 14.6 Å². The molecule has 2 aromatic heterocycles. The third-order valence-electron chi connectivity index (χ3n) is 5.92. The van der Waals surface area contributed by atoms with Gasteiger partial charge in [-0.1, -0.05) is 79.2 Å². The Bertz CT molecular complexity index is 1520. The SMILES string of the molecule is C.Oc1ccc(Cl)nc1C1=C(F)c2ccccc2C1.Oc1ccc(Cl)nc1C1=Cc2ccccc2C1. The minimum absolute atomic E-state index is 0. The highest BCUT2D eigenvalue weighted by molar-refractivity contribution is 6.29. The molecule has 2 aliphatic carbocycles. The second kappa shape index (κ2) is 10.5. The number of aromatic nitrogens is 2. The summed E-state index contributed by atoms with van der Waals surface area (Å²) in [5.74, 6) is -0.221. The number of hydrogen-bond donors (Lipinski definition) is 2. The summed E-state index contributed by atoms with van der Waals surface area (Å²) in [5, 5.41) is 20.2. The van der Waals surface area contributed by atoms with Crippen LogP contribution in [0.15, 0.2) is 72.8 Å². The van der Waals surface area contributed by atoms with Crippen LogP contribution in [0.3, 0.4) is 0 Å². The summed E-state index contributed by atoms with van der Waals surface area (Å²) in [6.45, 7) is 0. The molecule has 4 nitrogen and oxygen atoms in total. The minimum Gasteiger partial charge on any atom is -0.506 e. The number of aromatic hydroxyl groups is 2. The van der Waals surface area contributed by atoms with Gasteiger partial charge >= 0.3 is 0 Å². The Kier molecular flexibility index (Phi) is 7.43. The summed E-state index contributed by atoms with van der Waals surface area (Å²) >= 11 is 11.6. The van der Waals surface area contributed by atoms with Gasteiger partial charge in [0.2, 0.25) is 0 Å². The third-order valence-corrected chi connectivity index (χ3v) is 6.34. The monoisotopic (exact) mass is 520 g/mol. The second-order valence-corrected chi connectivity index (χ2v) is 8.95. The molecule has 2 heterocycles. The number of rotatable bonds is 2. The van der Waals surface area contributed by atoms with E-state index in [2.05, 4.69) is 22.1 Å². The van der Waals surface area contributed by atoms with Gasteiger partial charge in [0.15, 0.2) is 0 Å². The van der Waals surface area contributed by atoms with E-state index in [0.29, 0.717) is 28.4 Å². The minimum atomic E-state index is -0.337. The van der Waals surface area contributed by atoms with Gasteiger partial charge in [-0.25, -0.2) is 14.4 Å². The number of nitrogens with zero attached hydrogens (tertiary/aromatic N) is 2. The van der Waals surface area contributed by atoms with E-state index in [4.69, 9.17) is 23.2 Å². The smallest absolute Gasteiger partial charge is 0.141 e. The van der Waals surface area contributed by atoms with Crippen molar-refractivity contribution in [1.29, 1.82) is 0 Å². The summed E-state index contributed by atoms with van der Waals surface area (Å²) in [4.78, 5) is 8.19. The topological polar surface area (TPSA) is 66.2 Å². The van der Waals surface area contributed by atoms with Crippen molar-refractivity contribution in [3.8, 4) is 11.5 Å². The van der Waals surface area contributed by atoms with Crippen LogP contribution in [0, 0.1) is 0 Å². The van der Waals surface area contributed by atoms with Crippen LogP contribution in [0.1, 0.15) is 41.1 Å². The fourth-order valence-electron chi connectivity index (χ4n) is 4.25. The first-order valence-electron chi connectivity index (χ1n) is 10.9. The predicted molar refractivity (Wildman–Crippen MR) is 145 cm³/mol. The molecular weight excluding hydrogens is 498 g/mol. The maximum absolute atomic E-state index is 14.3. The summed E-state index contributed by atoms with van der Waals surface area (Å²) < 4.78 is 14.3. The largest absolute Gasteiger partial charge is 0.506 e. The summed E-state index contributed by atoms with van der Waals surface area (Å²) in [6, 6.07) is 21.5. The average molecular weight is 521 g/mol. The Hall–Kier alpha value is -3.67. The van der Waals surface area contributed by atoms with Gasteiger partial charge in [0.1, 0.15) is 39.0 Å². The Balaban J connectivity index is 0.000000165. The van der Waals surface area contributed by atoms with E-state index in [1.807, 2.05) is 30.3 Å². The molecular formula is C29H23Cl2FN2O2. The van der Waals surface area contributed by atoms with Crippen LogP contribution in [0.25, 0.3) is 23.0 Å². The first kappa shape index (κ1) is 25.4. The highest BCUT2D eigenvalue weighted by Gasteiger charge is 2.25. The van der Waals surface area contributed by atoms with Gasteiger partial charge in [-0.2, -0.15) is 0 Å². The van der Waals surface area contributed by atoms with Gasteiger partial charge in [0.25, 0.3) is 0 Å². The van der Waals surface area contributed by atoms with Crippen LogP contribution in [0.4, 0.5) is 4.39 Å². The lowest BCUT2D eigenvalue weighted by Gasteiger charge is -2.04. The van der Waals surface area contributed by atoms with Crippen molar-refractivity contribution >= 4 is 46.3 Å². The van der Waals surface area contributed by atoms with E-state index >= 15 is 0 Å². The van der Waals surface area contributed by atoms with Gasteiger partial charge in [-0.15, -0.1) is 0 Å². The van der Waals surface area contributed by atoms with Crippen molar-refractivity contribution in [1.82, 2.24) is 9.97 Å². The van der Waals surface area contributed by atoms with Crippen LogP contribution < -0.4 is 0 Å². The number of hydrogen-bond acceptors (Lipinski definition) is 4. The van der Waals surface area contributed by atoms with Crippen molar-refractivity contribution in [2.24, 2.45) is 0 Å². The maximum atomic E-state index is 14.3. The second-order valence-electron chi connectivity index (χ2n) is 8.18. The number of halogens is 3. The molecule has 0 atom stereocenters. The van der Waals surface area contributed by atoms with Crippen molar-refractivity contribution < 1.29 is 14.6 Å². The molecule has 0 radical (unpaired) electrons. The van der Waals surface area contributed by atoms with Gasteiger partial charge in [-0.05, 0) is 52.6 Å². The van der Waals surface area contributed by atoms with Crippen molar-refractivity contribution in [3.05, 3.63) is 117 Å². The first-order valence-corrected chi connectivity index (χ1v) is 11.6. The summed E-state index contributed by atoms with van der Waals surface area (Å²) in [7, 11) is 0. The average Bonchev–Trinajstić information content (AvgIpc) is 3.44. The number of allylic oxidation sites excluding steroid dienone is 2. The lowest BCUT2D eigenvalue weighted by Crippen LogP contribution is -1.91. The highest BCUT2D eigenvalue weighted by Crippen LogP contribution is 2.41. The number of pyridine rings is 2. The molecule has 36 heavy (non-hydrogen) atoms. The first-order chi connectivity index (χ1) is 16.9. The molecule has 6 rings (SSSR count). The van der Waals surface area contributed by atoms with Crippen molar-refractivity contribution in [2.75, 3.05) is 0 Å². The normalized spacial score (nSPS) is 13.2. The standard InChI is InChI=1S/C14H9ClFNO.C14H10ClNO.CH4/c15-12-6-5-11(18)14(17-12)10-7-8-3-1-2-4-9(8)13(10)16;15-13-6-5-12(17)14(16-13)11-7-9-3-1-2-4-10(9)8-11;/h1-6,18H,7H2;1-7,17H,8H2;1H4. The van der Waals surface area contributed by atoms with Crippen LogP contribution in [-0.2, 0) is 12.8 Å². The molecule has 2 N–H and O–H groups in total. The van der Waals surface area contributed by atoms with Gasteiger partial charge < -0.3 is 10.2 Å². The Morgan fingerprint density at radius 2 is 1.28 bits per heavy atom. The number of benzene rings is 2. The summed E-state index contributed by atoms with van der Waals surface area (Å²) in [5.41, 5.74) is 6.08. The number of fused-ring (bicyclic) bond motifs is 2. The molecule has 7 heteroatoms. The molecule has 0 aliphatic heterocycles. The Morgan fingerprint density at radius 1 is 0.694 bits per heavy atom. The van der Waals surface area contributed by atoms with Crippen LogP contribution in [0.5, 0.6) is 11.5 Å². The maximum Gasteiger partial charge on any atom is 0.141 e. The van der Waals surface area contributed by atoms with Crippen LogP contribution in [-0.4, -0.2) is 20.2 Å². The zero-order valence-corrected chi connectivity index (χ0v) is 19.9. The van der Waals surface area contributed by atoms with E-state index < -0.39 is 0 Å². The van der Waals surface area contributed by atoms with Crippen LogP contribution in [0.2, 0.25) is 10.3 Å². The van der Waals surface area contributed by atoms with Crippen molar-refractivity contribution in [2.45, 2.75) is 20.3 Å². The lowest BCUT2D eigenvalue weighted by molar-refractivity contribution is 0.470. The molecule has 182 valence electrons. The van der Waals surface area contributed by atoms with E-state index in [1.165, 1.54) is 23.3 Å². The quantitative estimate of drug-likeness (QED) is 0.262. The van der Waals surface area contributed by atoms with Crippen molar-refractivity contribution in [3.63, 3.8) is 0 Å². The molecule has 0 saturated heterocycles. The third kappa shape index (κ3) is 4.99. The zero-order valence-electron chi connectivity index (χ0n) is 18.3. The lowest BCUT2D eigenvalue weighted by atomic mass is 10.1. The Morgan fingerprint density at radius 3 is 1.94 bits per heavy atom. The molecule has 0 amide bonds.